The maximum Gasteiger partial charge on any atom is 0.310 e. The van der Waals surface area contributed by atoms with Gasteiger partial charge in [0.15, 0.2) is 5.96 Å². The normalized spacial score (nSPS) is 24.3. The third-order valence-corrected chi connectivity index (χ3v) is 4.96. The summed E-state index contributed by atoms with van der Waals surface area (Å²) in [5.41, 5.74) is 0. The number of nitrogens with zero attached hydrogens (tertiary/aromatic N) is 3. The van der Waals surface area contributed by atoms with Crippen LogP contribution < -0.4 is 5.32 Å². The topological polar surface area (TPSA) is 57.2 Å². The van der Waals surface area contributed by atoms with Gasteiger partial charge in [0.2, 0.25) is 0 Å². The Morgan fingerprint density at radius 1 is 1.38 bits per heavy atom. The van der Waals surface area contributed by atoms with Crippen LogP contribution in [0.25, 0.3) is 0 Å². The fourth-order valence-corrected chi connectivity index (χ4v) is 3.50. The Kier molecular flexibility index (Phi) is 8.76. The minimum atomic E-state index is -0.116. The third-order valence-electron chi connectivity index (χ3n) is 4.96. The van der Waals surface area contributed by atoms with Gasteiger partial charge < -0.3 is 15.0 Å². The van der Waals surface area contributed by atoms with Crippen molar-refractivity contribution in [2.45, 2.75) is 45.7 Å². The van der Waals surface area contributed by atoms with E-state index in [9.17, 15) is 4.79 Å². The third kappa shape index (κ3) is 5.47. The van der Waals surface area contributed by atoms with E-state index in [1.807, 2.05) is 0 Å². The molecule has 2 atom stereocenters. The summed E-state index contributed by atoms with van der Waals surface area (Å²) in [6, 6.07) is 1.36. The summed E-state index contributed by atoms with van der Waals surface area (Å²) in [6.45, 7) is 10.1. The quantitative estimate of drug-likeness (QED) is 0.288. The fourth-order valence-electron chi connectivity index (χ4n) is 3.50. The molecule has 2 rings (SSSR count). The molecule has 1 aliphatic carbocycles. The van der Waals surface area contributed by atoms with Gasteiger partial charge in [0.05, 0.1) is 13.0 Å². The van der Waals surface area contributed by atoms with Gasteiger partial charge in [0.25, 0.3) is 0 Å². The molecule has 1 aliphatic heterocycles. The van der Waals surface area contributed by atoms with Gasteiger partial charge in [0.1, 0.15) is 0 Å². The van der Waals surface area contributed by atoms with Crippen LogP contribution in [-0.4, -0.2) is 74.1 Å². The van der Waals surface area contributed by atoms with Crippen molar-refractivity contribution in [2.24, 2.45) is 16.8 Å². The SMILES string of the molecule is CN=C(NCCN(C(C)C)C1CC1)N1CC(C)C(C(=O)OC)C1.I. The first-order valence-electron chi connectivity index (χ1n) is 8.77. The number of hydrogen-bond acceptors (Lipinski definition) is 4. The van der Waals surface area contributed by atoms with E-state index >= 15 is 0 Å². The van der Waals surface area contributed by atoms with Crippen LogP contribution in [0.15, 0.2) is 4.99 Å². The molecule has 1 heterocycles. The first-order valence-corrected chi connectivity index (χ1v) is 8.77. The number of methoxy groups -OCH3 is 1. The molecule has 2 aliphatic rings. The first-order chi connectivity index (χ1) is 11.0. The Hall–Kier alpha value is -0.570. The first kappa shape index (κ1) is 21.5. The second-order valence-corrected chi connectivity index (χ2v) is 7.05. The summed E-state index contributed by atoms with van der Waals surface area (Å²) < 4.78 is 4.91. The molecule has 0 spiro atoms. The van der Waals surface area contributed by atoms with Crippen LogP contribution in [0.1, 0.15) is 33.6 Å². The van der Waals surface area contributed by atoms with E-state index in [0.29, 0.717) is 18.5 Å². The smallest absolute Gasteiger partial charge is 0.310 e. The van der Waals surface area contributed by atoms with Gasteiger partial charge >= 0.3 is 5.97 Å². The van der Waals surface area contributed by atoms with E-state index in [2.05, 4.69) is 40.9 Å². The predicted octanol–water partition coefficient (Wildman–Crippen LogP) is 1.79. The molecule has 6 nitrogen and oxygen atoms in total. The number of rotatable bonds is 6. The molecule has 0 aromatic carbocycles. The van der Waals surface area contributed by atoms with Crippen molar-refractivity contribution in [1.29, 1.82) is 0 Å². The van der Waals surface area contributed by atoms with Gasteiger partial charge in [-0.2, -0.15) is 0 Å². The minimum absolute atomic E-state index is 0. The average molecular weight is 452 g/mol. The Labute approximate surface area is 163 Å². The standard InChI is InChI=1S/C17H32N4O2.HI/c1-12(2)21(14-6-7-14)9-8-19-17(18-4)20-10-13(3)15(11-20)16(22)23-5;/h12-15H,6-11H2,1-5H3,(H,18,19);1H. The van der Waals surface area contributed by atoms with Crippen molar-refractivity contribution >= 4 is 35.9 Å². The lowest BCUT2D eigenvalue weighted by Gasteiger charge is -2.28. The van der Waals surface area contributed by atoms with Gasteiger partial charge in [0, 0.05) is 45.3 Å². The zero-order chi connectivity index (χ0) is 17.0. The van der Waals surface area contributed by atoms with Crippen LogP contribution in [0.4, 0.5) is 0 Å². The Bertz CT molecular complexity index is 438. The van der Waals surface area contributed by atoms with Crippen molar-refractivity contribution in [3.63, 3.8) is 0 Å². The highest BCUT2D eigenvalue weighted by Gasteiger charge is 2.37. The van der Waals surface area contributed by atoms with E-state index in [4.69, 9.17) is 4.74 Å². The zero-order valence-corrected chi connectivity index (χ0v) is 17.9. The predicted molar refractivity (Wildman–Crippen MR) is 108 cm³/mol. The zero-order valence-electron chi connectivity index (χ0n) is 15.6. The molecule has 1 saturated carbocycles. The van der Waals surface area contributed by atoms with Crippen molar-refractivity contribution in [3.05, 3.63) is 0 Å². The summed E-state index contributed by atoms with van der Waals surface area (Å²) in [7, 11) is 3.27. The number of carbonyl (C=O) groups is 1. The summed E-state index contributed by atoms with van der Waals surface area (Å²) in [4.78, 5) is 20.9. The van der Waals surface area contributed by atoms with Gasteiger partial charge in [-0.25, -0.2) is 0 Å². The van der Waals surface area contributed by atoms with Crippen LogP contribution in [0.3, 0.4) is 0 Å². The van der Waals surface area contributed by atoms with Crippen molar-refractivity contribution < 1.29 is 9.53 Å². The average Bonchev–Trinajstić information content (AvgIpc) is 3.28. The number of carbonyl (C=O) groups excluding carboxylic acids is 1. The molecule has 2 unspecified atom stereocenters. The molecular formula is C17H33IN4O2. The number of likely N-dealkylation sites (tertiary alicyclic amines) is 1. The molecule has 1 N–H and O–H groups in total. The van der Waals surface area contributed by atoms with Gasteiger partial charge in [-0.05, 0) is 32.6 Å². The number of ether oxygens (including phenoxy) is 1. The number of hydrogen-bond donors (Lipinski definition) is 1. The van der Waals surface area contributed by atoms with Crippen LogP contribution in [0.5, 0.6) is 0 Å². The molecule has 7 heteroatoms. The fraction of sp³-hybridized carbons (Fsp3) is 0.882. The van der Waals surface area contributed by atoms with Gasteiger partial charge in [-0.1, -0.05) is 6.92 Å². The highest BCUT2D eigenvalue weighted by molar-refractivity contribution is 14.0. The molecule has 140 valence electrons. The van der Waals surface area contributed by atoms with E-state index in [1.54, 1.807) is 7.05 Å². The number of aliphatic imine (C=N–C) groups is 1. The lowest BCUT2D eigenvalue weighted by atomic mass is 9.99. The second kappa shape index (κ2) is 9.79. The maximum absolute atomic E-state index is 11.8. The maximum atomic E-state index is 11.8. The summed E-state index contributed by atoms with van der Waals surface area (Å²) in [6.07, 6.45) is 2.66. The van der Waals surface area contributed by atoms with Gasteiger partial charge in [-0.3, -0.25) is 14.7 Å². The Morgan fingerprint density at radius 3 is 2.54 bits per heavy atom. The molecule has 0 amide bonds. The molecule has 0 aromatic rings. The summed E-state index contributed by atoms with van der Waals surface area (Å²) in [5.74, 6) is 1.01. The lowest BCUT2D eigenvalue weighted by molar-refractivity contribution is -0.145. The highest BCUT2D eigenvalue weighted by atomic mass is 127. The summed E-state index contributed by atoms with van der Waals surface area (Å²) >= 11 is 0. The molecule has 2 fully saturated rings. The van der Waals surface area contributed by atoms with Crippen molar-refractivity contribution in [3.8, 4) is 0 Å². The van der Waals surface area contributed by atoms with Crippen LogP contribution in [0.2, 0.25) is 0 Å². The second-order valence-electron chi connectivity index (χ2n) is 7.05. The van der Waals surface area contributed by atoms with E-state index in [0.717, 1.165) is 31.6 Å². The molecule has 0 bridgehead atoms. The number of guanidine groups is 1. The monoisotopic (exact) mass is 452 g/mol. The lowest BCUT2D eigenvalue weighted by Crippen LogP contribution is -2.45. The van der Waals surface area contributed by atoms with E-state index in [-0.39, 0.29) is 35.9 Å². The Morgan fingerprint density at radius 2 is 2.04 bits per heavy atom. The minimum Gasteiger partial charge on any atom is -0.469 e. The largest absolute Gasteiger partial charge is 0.469 e. The van der Waals surface area contributed by atoms with Gasteiger partial charge in [-0.15, -0.1) is 24.0 Å². The van der Waals surface area contributed by atoms with E-state index in [1.165, 1.54) is 20.0 Å². The molecule has 24 heavy (non-hydrogen) atoms. The molecule has 0 aromatic heterocycles. The highest BCUT2D eigenvalue weighted by Crippen LogP contribution is 2.28. The van der Waals surface area contributed by atoms with E-state index < -0.39 is 0 Å². The summed E-state index contributed by atoms with van der Waals surface area (Å²) in [5, 5.41) is 3.46. The van der Waals surface area contributed by atoms with Crippen LogP contribution >= 0.6 is 24.0 Å². The Balaban J connectivity index is 0.00000288. The molecule has 0 radical (unpaired) electrons. The number of nitrogens with one attached hydrogen (secondary N) is 1. The molecular weight excluding hydrogens is 419 g/mol. The molecule has 1 saturated heterocycles. The van der Waals surface area contributed by atoms with Crippen LogP contribution in [0, 0.1) is 11.8 Å². The number of halogens is 1. The van der Waals surface area contributed by atoms with Crippen molar-refractivity contribution in [2.75, 3.05) is 40.3 Å². The van der Waals surface area contributed by atoms with Crippen LogP contribution in [-0.2, 0) is 9.53 Å². The number of esters is 1. The van der Waals surface area contributed by atoms with Crippen molar-refractivity contribution in [1.82, 2.24) is 15.1 Å².